The Labute approximate surface area is 126 Å². The predicted molar refractivity (Wildman–Crippen MR) is 78.8 cm³/mol. The molecular weight excluding hydrogens is 268 g/mol. The molecule has 0 aliphatic carbocycles. The molecule has 0 radical (unpaired) electrons. The van der Waals surface area contributed by atoms with Crippen molar-refractivity contribution in [3.05, 3.63) is 0 Å². The van der Waals surface area contributed by atoms with Crippen molar-refractivity contribution in [1.29, 1.82) is 0 Å². The molecule has 21 heavy (non-hydrogen) atoms. The Kier molecular flexibility index (Phi) is 4.20. The van der Waals surface area contributed by atoms with Gasteiger partial charge in [0, 0.05) is 31.1 Å². The molecule has 5 heteroatoms. The van der Waals surface area contributed by atoms with Crippen molar-refractivity contribution in [3.63, 3.8) is 0 Å². The average Bonchev–Trinajstić information content (AvgIpc) is 2.77. The molecular formula is C16H26N2O3. The van der Waals surface area contributed by atoms with Gasteiger partial charge in [-0.15, -0.1) is 0 Å². The zero-order chi connectivity index (χ0) is 15.0. The van der Waals surface area contributed by atoms with Crippen molar-refractivity contribution in [2.75, 3.05) is 6.54 Å². The SMILES string of the molecule is CC1CC(C(=O)O)CCN1C(=O)CC1CC2CCC(C1)N2. The van der Waals surface area contributed by atoms with Crippen LogP contribution < -0.4 is 5.32 Å². The number of aliphatic carboxylic acids is 1. The third-order valence-electron chi connectivity index (χ3n) is 5.58. The summed E-state index contributed by atoms with van der Waals surface area (Å²) >= 11 is 0. The van der Waals surface area contributed by atoms with Crippen molar-refractivity contribution in [1.82, 2.24) is 10.2 Å². The van der Waals surface area contributed by atoms with E-state index in [4.69, 9.17) is 5.11 Å². The van der Waals surface area contributed by atoms with Crippen LogP contribution in [0.25, 0.3) is 0 Å². The molecule has 0 spiro atoms. The first kappa shape index (κ1) is 14.8. The van der Waals surface area contributed by atoms with E-state index < -0.39 is 5.97 Å². The molecule has 3 heterocycles. The Bertz CT molecular complexity index is 414. The van der Waals surface area contributed by atoms with Gasteiger partial charge in [0.2, 0.25) is 5.91 Å². The van der Waals surface area contributed by atoms with Crippen molar-refractivity contribution in [2.45, 2.75) is 70.0 Å². The van der Waals surface area contributed by atoms with Crippen molar-refractivity contribution < 1.29 is 14.7 Å². The number of amides is 1. The lowest BCUT2D eigenvalue weighted by molar-refractivity contribution is -0.147. The molecule has 3 aliphatic rings. The predicted octanol–water partition coefficient (Wildman–Crippen LogP) is 1.62. The number of nitrogens with one attached hydrogen (secondary N) is 1. The van der Waals surface area contributed by atoms with Gasteiger partial charge >= 0.3 is 5.97 Å². The molecule has 1 amide bonds. The normalized spacial score (nSPS) is 39.3. The molecule has 0 saturated carbocycles. The number of piperidine rings is 2. The lowest BCUT2D eigenvalue weighted by Gasteiger charge is -2.38. The number of carbonyl (C=O) groups is 2. The summed E-state index contributed by atoms with van der Waals surface area (Å²) in [6, 6.07) is 1.30. The Morgan fingerprint density at radius 2 is 1.81 bits per heavy atom. The number of fused-ring (bicyclic) bond motifs is 2. The fraction of sp³-hybridized carbons (Fsp3) is 0.875. The summed E-state index contributed by atoms with van der Waals surface area (Å²) < 4.78 is 0. The minimum absolute atomic E-state index is 0.0609. The Hall–Kier alpha value is -1.10. The van der Waals surface area contributed by atoms with Gasteiger partial charge in [-0.1, -0.05) is 0 Å². The summed E-state index contributed by atoms with van der Waals surface area (Å²) in [5, 5.41) is 12.7. The van der Waals surface area contributed by atoms with Gasteiger partial charge in [-0.25, -0.2) is 0 Å². The highest BCUT2D eigenvalue weighted by atomic mass is 16.4. The maximum Gasteiger partial charge on any atom is 0.306 e. The molecule has 2 bridgehead atoms. The largest absolute Gasteiger partial charge is 0.481 e. The van der Waals surface area contributed by atoms with E-state index in [2.05, 4.69) is 5.32 Å². The van der Waals surface area contributed by atoms with E-state index in [1.807, 2.05) is 11.8 Å². The number of carbonyl (C=O) groups excluding carboxylic acids is 1. The first-order valence-electron chi connectivity index (χ1n) is 8.31. The van der Waals surface area contributed by atoms with Crippen LogP contribution >= 0.6 is 0 Å². The number of carboxylic acid groups (broad SMARTS) is 1. The molecule has 4 unspecified atom stereocenters. The second-order valence-corrected chi connectivity index (χ2v) is 7.18. The van der Waals surface area contributed by atoms with Crippen LogP contribution in [-0.4, -0.2) is 46.6 Å². The average molecular weight is 294 g/mol. The molecule has 0 aromatic carbocycles. The highest BCUT2D eigenvalue weighted by Gasteiger charge is 2.37. The van der Waals surface area contributed by atoms with Gasteiger partial charge in [-0.05, 0) is 51.4 Å². The standard InChI is InChI=1S/C16H26N2O3/c1-10-6-12(16(20)21)4-5-18(10)15(19)9-11-7-13-2-3-14(8-11)17-13/h10-14,17H,2-9H2,1H3,(H,20,21). The van der Waals surface area contributed by atoms with Gasteiger partial charge in [-0.2, -0.15) is 0 Å². The van der Waals surface area contributed by atoms with E-state index in [-0.39, 0.29) is 17.9 Å². The smallest absolute Gasteiger partial charge is 0.306 e. The highest BCUT2D eigenvalue weighted by Crippen LogP contribution is 2.33. The van der Waals surface area contributed by atoms with E-state index in [0.717, 1.165) is 12.8 Å². The van der Waals surface area contributed by atoms with Crippen molar-refractivity contribution in [3.8, 4) is 0 Å². The number of nitrogens with zero attached hydrogens (tertiary/aromatic N) is 1. The maximum atomic E-state index is 12.5. The fourth-order valence-corrected chi connectivity index (χ4v) is 4.47. The molecule has 3 rings (SSSR count). The van der Waals surface area contributed by atoms with E-state index in [0.29, 0.717) is 43.8 Å². The number of carboxylic acids is 1. The van der Waals surface area contributed by atoms with Crippen LogP contribution in [0.1, 0.15) is 51.9 Å². The lowest BCUT2D eigenvalue weighted by Crippen LogP contribution is -2.47. The number of hydrogen-bond acceptors (Lipinski definition) is 3. The molecule has 2 N–H and O–H groups in total. The molecule has 3 fully saturated rings. The quantitative estimate of drug-likeness (QED) is 0.830. The zero-order valence-electron chi connectivity index (χ0n) is 12.8. The van der Waals surface area contributed by atoms with Gasteiger partial charge in [0.1, 0.15) is 0 Å². The maximum absolute atomic E-state index is 12.5. The minimum Gasteiger partial charge on any atom is -0.481 e. The van der Waals surface area contributed by atoms with Crippen LogP contribution in [0.2, 0.25) is 0 Å². The monoisotopic (exact) mass is 294 g/mol. The summed E-state index contributed by atoms with van der Waals surface area (Å²) in [5.74, 6) is -0.249. The summed E-state index contributed by atoms with van der Waals surface area (Å²) in [5.41, 5.74) is 0. The number of likely N-dealkylation sites (tertiary alicyclic amines) is 1. The summed E-state index contributed by atoms with van der Waals surface area (Å²) in [7, 11) is 0. The second kappa shape index (κ2) is 5.95. The first-order chi connectivity index (χ1) is 10.0. The fourth-order valence-electron chi connectivity index (χ4n) is 4.47. The molecule has 0 aromatic heterocycles. The van der Waals surface area contributed by atoms with Gasteiger partial charge in [0.25, 0.3) is 0 Å². The minimum atomic E-state index is -0.719. The summed E-state index contributed by atoms with van der Waals surface area (Å²) in [6.45, 7) is 2.59. The van der Waals surface area contributed by atoms with E-state index in [1.165, 1.54) is 12.8 Å². The van der Waals surface area contributed by atoms with Gasteiger partial charge in [0.15, 0.2) is 0 Å². The molecule has 118 valence electrons. The molecule has 3 aliphatic heterocycles. The zero-order valence-corrected chi connectivity index (χ0v) is 12.8. The summed E-state index contributed by atoms with van der Waals surface area (Å²) in [4.78, 5) is 25.5. The van der Waals surface area contributed by atoms with Crippen LogP contribution in [0.3, 0.4) is 0 Å². The second-order valence-electron chi connectivity index (χ2n) is 7.18. The third kappa shape index (κ3) is 3.23. The Morgan fingerprint density at radius 1 is 1.14 bits per heavy atom. The van der Waals surface area contributed by atoms with Crippen LogP contribution in [0.5, 0.6) is 0 Å². The van der Waals surface area contributed by atoms with Crippen molar-refractivity contribution in [2.24, 2.45) is 11.8 Å². The molecule has 0 aromatic rings. The van der Waals surface area contributed by atoms with Crippen molar-refractivity contribution >= 4 is 11.9 Å². The van der Waals surface area contributed by atoms with E-state index >= 15 is 0 Å². The molecule has 4 atom stereocenters. The van der Waals surface area contributed by atoms with E-state index in [9.17, 15) is 9.59 Å². The number of hydrogen-bond donors (Lipinski definition) is 2. The van der Waals surface area contributed by atoms with Crippen LogP contribution in [0.4, 0.5) is 0 Å². The Balaban J connectivity index is 1.52. The third-order valence-corrected chi connectivity index (χ3v) is 5.58. The molecule has 3 saturated heterocycles. The van der Waals surface area contributed by atoms with Crippen LogP contribution in [-0.2, 0) is 9.59 Å². The Morgan fingerprint density at radius 3 is 2.38 bits per heavy atom. The topological polar surface area (TPSA) is 69.6 Å². The first-order valence-corrected chi connectivity index (χ1v) is 8.31. The number of rotatable bonds is 3. The van der Waals surface area contributed by atoms with Gasteiger partial charge in [-0.3, -0.25) is 9.59 Å². The van der Waals surface area contributed by atoms with Gasteiger partial charge < -0.3 is 15.3 Å². The summed E-state index contributed by atoms with van der Waals surface area (Å²) in [6.07, 6.45) is 6.62. The molecule has 5 nitrogen and oxygen atoms in total. The highest BCUT2D eigenvalue weighted by molar-refractivity contribution is 5.77. The van der Waals surface area contributed by atoms with Crippen LogP contribution in [0.15, 0.2) is 0 Å². The van der Waals surface area contributed by atoms with Crippen LogP contribution in [0, 0.1) is 11.8 Å². The lowest BCUT2D eigenvalue weighted by atomic mass is 9.87. The van der Waals surface area contributed by atoms with E-state index in [1.54, 1.807) is 0 Å². The van der Waals surface area contributed by atoms with Gasteiger partial charge in [0.05, 0.1) is 5.92 Å².